The third-order valence-electron chi connectivity index (χ3n) is 3.02. The van der Waals surface area contributed by atoms with Gasteiger partial charge in [0.2, 0.25) is 0 Å². The van der Waals surface area contributed by atoms with Crippen LogP contribution in [0.4, 0.5) is 5.69 Å². The first-order valence-electron chi connectivity index (χ1n) is 6.23. The average molecular weight is 257 g/mol. The summed E-state index contributed by atoms with van der Waals surface area (Å²) in [5.74, 6) is 2.16. The molecule has 98 valence electrons. The number of hydrogen-bond donors (Lipinski definition) is 1. The van der Waals surface area contributed by atoms with Gasteiger partial charge in [-0.05, 0) is 25.1 Å². The van der Waals surface area contributed by atoms with Crippen molar-refractivity contribution >= 4 is 5.69 Å². The molecule has 2 N–H and O–H groups in total. The summed E-state index contributed by atoms with van der Waals surface area (Å²) in [6, 6.07) is 5.73. The van der Waals surface area contributed by atoms with Crippen molar-refractivity contribution in [3.8, 4) is 22.9 Å². The molecule has 0 atom stereocenters. The van der Waals surface area contributed by atoms with Crippen molar-refractivity contribution in [1.29, 1.82) is 0 Å². The van der Waals surface area contributed by atoms with Crippen molar-refractivity contribution in [2.45, 2.75) is 13.3 Å². The number of ether oxygens (including phenoxy) is 2. The average Bonchev–Trinajstić information content (AvgIpc) is 2.66. The maximum Gasteiger partial charge on any atom is 0.161 e. The van der Waals surface area contributed by atoms with E-state index in [0.717, 1.165) is 29.2 Å². The Morgan fingerprint density at radius 2 is 1.95 bits per heavy atom. The maximum atomic E-state index is 5.73. The van der Waals surface area contributed by atoms with Crippen molar-refractivity contribution in [2.24, 2.45) is 0 Å². The van der Waals surface area contributed by atoms with Gasteiger partial charge in [0.15, 0.2) is 17.3 Å². The lowest BCUT2D eigenvalue weighted by atomic mass is 10.2. The summed E-state index contributed by atoms with van der Waals surface area (Å²) in [6.45, 7) is 3.21. The number of nitrogen functional groups attached to an aromatic ring is 1. The summed E-state index contributed by atoms with van der Waals surface area (Å²) < 4.78 is 11.3. The molecule has 1 aromatic heterocycles. The third-order valence-corrected chi connectivity index (χ3v) is 3.02. The Kier molecular flexibility index (Phi) is 2.95. The zero-order chi connectivity index (χ0) is 13.2. The van der Waals surface area contributed by atoms with Crippen LogP contribution in [0.3, 0.4) is 0 Å². The van der Waals surface area contributed by atoms with Crippen LogP contribution in [0.1, 0.15) is 12.1 Å². The molecule has 0 amide bonds. The molecule has 1 aromatic carbocycles. The molecule has 0 aliphatic carbocycles. The topological polar surface area (TPSA) is 70.3 Å². The predicted octanol–water partition coefficient (Wildman–Crippen LogP) is 2.20. The molecule has 3 rings (SSSR count). The number of hydrogen-bond acceptors (Lipinski definition) is 5. The van der Waals surface area contributed by atoms with Gasteiger partial charge >= 0.3 is 0 Å². The molecule has 19 heavy (non-hydrogen) atoms. The Morgan fingerprint density at radius 3 is 2.74 bits per heavy atom. The summed E-state index contributed by atoms with van der Waals surface area (Å²) in [4.78, 5) is 8.63. The van der Waals surface area contributed by atoms with E-state index >= 15 is 0 Å². The number of nitrogens with zero attached hydrogens (tertiary/aromatic N) is 2. The number of fused-ring (bicyclic) bond motifs is 1. The lowest BCUT2D eigenvalue weighted by Crippen LogP contribution is -1.98. The van der Waals surface area contributed by atoms with Gasteiger partial charge in [0.05, 0.1) is 30.8 Å². The van der Waals surface area contributed by atoms with Gasteiger partial charge in [-0.1, -0.05) is 0 Å². The van der Waals surface area contributed by atoms with E-state index in [9.17, 15) is 0 Å². The van der Waals surface area contributed by atoms with Crippen LogP contribution in [0.25, 0.3) is 11.4 Å². The molecule has 0 fully saturated rings. The van der Waals surface area contributed by atoms with Crippen LogP contribution in [-0.4, -0.2) is 23.2 Å². The number of aromatic nitrogens is 2. The molecule has 1 aliphatic rings. The first kappa shape index (κ1) is 11.8. The molecule has 2 aromatic rings. The van der Waals surface area contributed by atoms with Gasteiger partial charge in [0, 0.05) is 12.0 Å². The molecule has 0 saturated heterocycles. The Hall–Kier alpha value is -2.30. The van der Waals surface area contributed by atoms with Crippen LogP contribution in [0.2, 0.25) is 0 Å². The zero-order valence-electron chi connectivity index (χ0n) is 10.7. The molecule has 0 bridgehead atoms. The van der Waals surface area contributed by atoms with Crippen molar-refractivity contribution in [3.63, 3.8) is 0 Å². The minimum atomic E-state index is 0.595. The van der Waals surface area contributed by atoms with E-state index in [1.54, 1.807) is 6.20 Å². The SMILES string of the molecule is Cc1nc(-c2ccc3c(c2)OCCCO3)ncc1N. The second kappa shape index (κ2) is 4.76. The summed E-state index contributed by atoms with van der Waals surface area (Å²) >= 11 is 0. The van der Waals surface area contributed by atoms with Crippen LogP contribution in [-0.2, 0) is 0 Å². The molecule has 5 nitrogen and oxygen atoms in total. The molecule has 0 spiro atoms. The normalized spacial score (nSPS) is 13.9. The van der Waals surface area contributed by atoms with Gasteiger partial charge in [0.1, 0.15) is 0 Å². The van der Waals surface area contributed by atoms with Crippen LogP contribution in [0.5, 0.6) is 11.5 Å². The van der Waals surface area contributed by atoms with Crippen LogP contribution >= 0.6 is 0 Å². The zero-order valence-corrected chi connectivity index (χ0v) is 10.7. The third kappa shape index (κ3) is 2.31. The monoisotopic (exact) mass is 257 g/mol. The quantitative estimate of drug-likeness (QED) is 0.848. The van der Waals surface area contributed by atoms with Crippen LogP contribution in [0, 0.1) is 6.92 Å². The van der Waals surface area contributed by atoms with Gasteiger partial charge in [-0.3, -0.25) is 0 Å². The first-order valence-corrected chi connectivity index (χ1v) is 6.23. The molecular formula is C14H15N3O2. The summed E-state index contributed by atoms with van der Waals surface area (Å²) in [6.07, 6.45) is 2.52. The minimum Gasteiger partial charge on any atom is -0.490 e. The van der Waals surface area contributed by atoms with Crippen molar-refractivity contribution in [3.05, 3.63) is 30.1 Å². The molecule has 5 heteroatoms. The predicted molar refractivity (Wildman–Crippen MR) is 72.2 cm³/mol. The van der Waals surface area contributed by atoms with Gasteiger partial charge in [-0.25, -0.2) is 9.97 Å². The number of nitrogens with two attached hydrogens (primary N) is 1. The van der Waals surface area contributed by atoms with E-state index in [1.165, 1.54) is 0 Å². The standard InChI is InChI=1S/C14H15N3O2/c1-9-11(15)8-16-14(17-9)10-3-4-12-13(7-10)19-6-2-5-18-12/h3-4,7-8H,2,5-6,15H2,1H3. The van der Waals surface area contributed by atoms with E-state index in [2.05, 4.69) is 9.97 Å². The highest BCUT2D eigenvalue weighted by Gasteiger charge is 2.12. The van der Waals surface area contributed by atoms with E-state index in [4.69, 9.17) is 15.2 Å². The molecule has 0 radical (unpaired) electrons. The van der Waals surface area contributed by atoms with E-state index < -0.39 is 0 Å². The van der Waals surface area contributed by atoms with Gasteiger partial charge in [-0.2, -0.15) is 0 Å². The number of aryl methyl sites for hydroxylation is 1. The van der Waals surface area contributed by atoms with E-state index in [0.29, 0.717) is 24.7 Å². The van der Waals surface area contributed by atoms with Gasteiger partial charge in [-0.15, -0.1) is 0 Å². The Bertz CT molecular complexity index is 614. The second-order valence-electron chi connectivity index (χ2n) is 4.45. The lowest BCUT2D eigenvalue weighted by Gasteiger charge is -2.09. The fraction of sp³-hybridized carbons (Fsp3) is 0.286. The van der Waals surface area contributed by atoms with E-state index in [1.807, 2.05) is 25.1 Å². The summed E-state index contributed by atoms with van der Waals surface area (Å²) in [5.41, 5.74) is 7.99. The van der Waals surface area contributed by atoms with Crippen LogP contribution in [0.15, 0.2) is 24.4 Å². The fourth-order valence-corrected chi connectivity index (χ4v) is 1.92. The van der Waals surface area contributed by atoms with Crippen molar-refractivity contribution in [1.82, 2.24) is 9.97 Å². The van der Waals surface area contributed by atoms with Gasteiger partial charge in [0.25, 0.3) is 0 Å². The highest BCUT2D eigenvalue weighted by molar-refractivity contribution is 5.62. The van der Waals surface area contributed by atoms with Crippen molar-refractivity contribution < 1.29 is 9.47 Å². The minimum absolute atomic E-state index is 0.595. The number of anilines is 1. The molecule has 0 unspecified atom stereocenters. The fourth-order valence-electron chi connectivity index (χ4n) is 1.92. The summed E-state index contributed by atoms with van der Waals surface area (Å²) in [7, 11) is 0. The lowest BCUT2D eigenvalue weighted by molar-refractivity contribution is 0.297. The van der Waals surface area contributed by atoms with Gasteiger partial charge < -0.3 is 15.2 Å². The number of benzene rings is 1. The second-order valence-corrected chi connectivity index (χ2v) is 4.45. The maximum absolute atomic E-state index is 5.73. The first-order chi connectivity index (χ1) is 9.24. The van der Waals surface area contributed by atoms with E-state index in [-0.39, 0.29) is 0 Å². The van der Waals surface area contributed by atoms with Crippen LogP contribution < -0.4 is 15.2 Å². The largest absolute Gasteiger partial charge is 0.490 e. The molecule has 1 aliphatic heterocycles. The highest BCUT2D eigenvalue weighted by atomic mass is 16.5. The Morgan fingerprint density at radius 1 is 1.16 bits per heavy atom. The Balaban J connectivity index is 2.01. The molecular weight excluding hydrogens is 242 g/mol. The summed E-state index contributed by atoms with van der Waals surface area (Å²) in [5, 5.41) is 0. The molecule has 0 saturated carbocycles. The highest BCUT2D eigenvalue weighted by Crippen LogP contribution is 2.33. The molecule has 2 heterocycles. The number of rotatable bonds is 1. The van der Waals surface area contributed by atoms with Crippen molar-refractivity contribution in [2.75, 3.05) is 18.9 Å². The Labute approximate surface area is 111 Å². The smallest absolute Gasteiger partial charge is 0.161 e.